The van der Waals surface area contributed by atoms with Gasteiger partial charge in [0, 0.05) is 16.8 Å². The number of methoxy groups -OCH3 is 1. The highest BCUT2D eigenvalue weighted by Gasteiger charge is 2.06. The van der Waals surface area contributed by atoms with Gasteiger partial charge in [-0.2, -0.15) is 5.10 Å². The van der Waals surface area contributed by atoms with E-state index in [1.54, 1.807) is 18.2 Å². The van der Waals surface area contributed by atoms with E-state index in [0.717, 1.165) is 17.0 Å². The minimum Gasteiger partial charge on any atom is -0.504 e. The van der Waals surface area contributed by atoms with Gasteiger partial charge in [-0.05, 0) is 25.1 Å². The molecule has 0 amide bonds. The third-order valence-corrected chi connectivity index (χ3v) is 3.54. The number of phenolic OH excluding ortho intramolecular Hbond substituents is 1. The number of hydrogen-bond acceptors (Lipinski definition) is 6. The molecule has 0 radical (unpaired) electrons. The fraction of sp³-hybridized carbons (Fsp3) is 0.105. The molecule has 1 heterocycles. The van der Waals surface area contributed by atoms with Crippen molar-refractivity contribution >= 4 is 12.2 Å². The summed E-state index contributed by atoms with van der Waals surface area (Å²) in [6, 6.07) is 17.0. The van der Waals surface area contributed by atoms with Crippen molar-refractivity contribution in [3.8, 4) is 22.8 Å². The van der Waals surface area contributed by atoms with Crippen molar-refractivity contribution in [2.24, 2.45) is 5.10 Å². The van der Waals surface area contributed by atoms with Gasteiger partial charge in [0.1, 0.15) is 0 Å². The van der Waals surface area contributed by atoms with E-state index in [2.05, 4.69) is 20.5 Å². The van der Waals surface area contributed by atoms with E-state index < -0.39 is 0 Å². The lowest BCUT2D eigenvalue weighted by Gasteiger charge is -2.06. The predicted octanol–water partition coefficient (Wildman–Crippen LogP) is 3.61. The van der Waals surface area contributed by atoms with Crippen LogP contribution in [-0.2, 0) is 0 Å². The Labute approximate surface area is 145 Å². The highest BCUT2D eigenvalue weighted by molar-refractivity contribution is 5.85. The molecule has 3 aromatic rings. The molecule has 0 aliphatic carbocycles. The minimum atomic E-state index is 0.0330. The summed E-state index contributed by atoms with van der Waals surface area (Å²) >= 11 is 0. The van der Waals surface area contributed by atoms with Gasteiger partial charge in [0.05, 0.1) is 19.0 Å². The van der Waals surface area contributed by atoms with Gasteiger partial charge in [-0.3, -0.25) is 0 Å². The molecule has 0 aliphatic heterocycles. The number of aromatic nitrogens is 2. The summed E-state index contributed by atoms with van der Waals surface area (Å²) in [6.45, 7) is 1.90. The molecule has 0 aliphatic rings. The second-order valence-corrected chi connectivity index (χ2v) is 5.35. The summed E-state index contributed by atoms with van der Waals surface area (Å²) < 4.78 is 5.07. The molecule has 0 atom stereocenters. The maximum Gasteiger partial charge on any atom is 0.244 e. The van der Waals surface area contributed by atoms with E-state index >= 15 is 0 Å². The number of nitrogens with one attached hydrogen (secondary N) is 1. The van der Waals surface area contributed by atoms with Crippen LogP contribution >= 0.6 is 0 Å². The van der Waals surface area contributed by atoms with Gasteiger partial charge < -0.3 is 9.84 Å². The Balaban J connectivity index is 1.81. The third-order valence-electron chi connectivity index (χ3n) is 3.54. The lowest BCUT2D eigenvalue weighted by atomic mass is 10.1. The van der Waals surface area contributed by atoms with Crippen molar-refractivity contribution in [1.29, 1.82) is 0 Å². The molecular formula is C19H18N4O2. The molecule has 6 nitrogen and oxygen atoms in total. The Morgan fingerprint density at radius 2 is 1.88 bits per heavy atom. The number of hydrogen-bond donors (Lipinski definition) is 2. The highest BCUT2D eigenvalue weighted by Crippen LogP contribution is 2.28. The van der Waals surface area contributed by atoms with Gasteiger partial charge in [-0.25, -0.2) is 15.4 Å². The molecule has 0 unspecified atom stereocenters. The fourth-order valence-corrected chi connectivity index (χ4v) is 2.34. The molecule has 25 heavy (non-hydrogen) atoms. The largest absolute Gasteiger partial charge is 0.504 e. The number of nitrogens with zero attached hydrogens (tertiary/aromatic N) is 3. The van der Waals surface area contributed by atoms with Gasteiger partial charge >= 0.3 is 0 Å². The van der Waals surface area contributed by atoms with Crippen LogP contribution in [0.2, 0.25) is 0 Å². The van der Waals surface area contributed by atoms with Crippen molar-refractivity contribution in [2.45, 2.75) is 6.92 Å². The topological polar surface area (TPSA) is 79.6 Å². The third kappa shape index (κ3) is 3.92. The van der Waals surface area contributed by atoms with Gasteiger partial charge in [-0.15, -0.1) is 0 Å². The second-order valence-electron chi connectivity index (χ2n) is 5.35. The normalized spacial score (nSPS) is 10.8. The molecule has 0 fully saturated rings. The van der Waals surface area contributed by atoms with Crippen LogP contribution in [0.4, 0.5) is 5.95 Å². The Morgan fingerprint density at radius 3 is 2.64 bits per heavy atom. The lowest BCUT2D eigenvalue weighted by molar-refractivity contribution is 0.373. The van der Waals surface area contributed by atoms with Gasteiger partial charge in [0.25, 0.3) is 0 Å². The Bertz CT molecular complexity index is 895. The average molecular weight is 334 g/mol. The number of para-hydroxylation sites is 1. The summed E-state index contributed by atoms with van der Waals surface area (Å²) in [5.41, 5.74) is 5.98. The summed E-state index contributed by atoms with van der Waals surface area (Å²) in [5, 5.41) is 14.2. The summed E-state index contributed by atoms with van der Waals surface area (Å²) in [6.07, 6.45) is 1.49. The molecule has 1 aromatic heterocycles. The summed E-state index contributed by atoms with van der Waals surface area (Å²) in [4.78, 5) is 8.79. The second kappa shape index (κ2) is 7.44. The van der Waals surface area contributed by atoms with E-state index in [4.69, 9.17) is 4.74 Å². The number of phenols is 1. The van der Waals surface area contributed by atoms with Crippen LogP contribution < -0.4 is 10.2 Å². The zero-order chi connectivity index (χ0) is 17.6. The molecule has 0 saturated carbocycles. The van der Waals surface area contributed by atoms with Crippen molar-refractivity contribution in [3.63, 3.8) is 0 Å². The average Bonchev–Trinajstić information content (AvgIpc) is 2.63. The number of benzene rings is 2. The highest BCUT2D eigenvalue weighted by atomic mass is 16.5. The molecule has 2 aromatic carbocycles. The number of ether oxygens (including phenoxy) is 1. The standard InChI is InChI=1S/C19H18N4O2/c1-13-11-16(14-7-4-3-5-8-14)22-19(21-13)23-20-12-15-9-6-10-17(25-2)18(15)24/h3-12,24H,1-2H3,(H,21,22,23)/b20-12-. The molecule has 3 rings (SSSR count). The number of aryl methyl sites for hydroxylation is 1. The van der Waals surface area contributed by atoms with Crippen molar-refractivity contribution in [2.75, 3.05) is 12.5 Å². The number of rotatable bonds is 5. The Morgan fingerprint density at radius 1 is 1.08 bits per heavy atom. The lowest BCUT2D eigenvalue weighted by Crippen LogP contribution is -2.00. The monoisotopic (exact) mass is 334 g/mol. The first-order chi connectivity index (χ1) is 12.2. The van der Waals surface area contributed by atoms with Crippen LogP contribution in [-0.4, -0.2) is 28.4 Å². The first kappa shape index (κ1) is 16.4. The molecule has 0 spiro atoms. The first-order valence-electron chi connectivity index (χ1n) is 7.73. The van der Waals surface area contributed by atoms with Crippen LogP contribution in [0.5, 0.6) is 11.5 Å². The van der Waals surface area contributed by atoms with Gasteiger partial charge in [-0.1, -0.05) is 36.4 Å². The summed E-state index contributed by atoms with van der Waals surface area (Å²) in [5.74, 6) is 0.810. The van der Waals surface area contributed by atoms with Crippen LogP contribution in [0.3, 0.4) is 0 Å². The van der Waals surface area contributed by atoms with E-state index in [1.165, 1.54) is 13.3 Å². The van der Waals surface area contributed by atoms with Crippen molar-refractivity contribution in [1.82, 2.24) is 9.97 Å². The van der Waals surface area contributed by atoms with E-state index in [0.29, 0.717) is 17.3 Å². The molecule has 126 valence electrons. The molecule has 6 heteroatoms. The SMILES string of the molecule is COc1cccc(/C=N\Nc2nc(C)cc(-c3ccccc3)n2)c1O. The minimum absolute atomic E-state index is 0.0330. The van der Waals surface area contributed by atoms with E-state index in [9.17, 15) is 5.11 Å². The molecule has 2 N–H and O–H groups in total. The van der Waals surface area contributed by atoms with Crippen LogP contribution in [0.15, 0.2) is 59.7 Å². The maximum atomic E-state index is 10.0. The maximum absolute atomic E-state index is 10.0. The van der Waals surface area contributed by atoms with E-state index in [1.807, 2.05) is 43.3 Å². The number of aromatic hydroxyl groups is 1. The molecule has 0 saturated heterocycles. The summed E-state index contributed by atoms with van der Waals surface area (Å²) in [7, 11) is 1.50. The fourth-order valence-electron chi connectivity index (χ4n) is 2.34. The molecular weight excluding hydrogens is 316 g/mol. The molecule has 0 bridgehead atoms. The smallest absolute Gasteiger partial charge is 0.244 e. The Kier molecular flexibility index (Phi) is 4.89. The first-order valence-corrected chi connectivity index (χ1v) is 7.73. The van der Waals surface area contributed by atoms with Crippen molar-refractivity contribution in [3.05, 3.63) is 65.9 Å². The van der Waals surface area contributed by atoms with Crippen LogP contribution in [0, 0.1) is 6.92 Å². The van der Waals surface area contributed by atoms with Gasteiger partial charge in [0.2, 0.25) is 5.95 Å². The van der Waals surface area contributed by atoms with Crippen molar-refractivity contribution < 1.29 is 9.84 Å². The zero-order valence-corrected chi connectivity index (χ0v) is 14.0. The van der Waals surface area contributed by atoms with Crippen LogP contribution in [0.25, 0.3) is 11.3 Å². The predicted molar refractivity (Wildman–Crippen MR) is 98.1 cm³/mol. The zero-order valence-electron chi connectivity index (χ0n) is 14.0. The van der Waals surface area contributed by atoms with E-state index in [-0.39, 0.29) is 5.75 Å². The number of anilines is 1. The quantitative estimate of drug-likeness (QED) is 0.550. The van der Waals surface area contributed by atoms with Crippen LogP contribution in [0.1, 0.15) is 11.3 Å². The Hall–Kier alpha value is -3.41. The van der Waals surface area contributed by atoms with Gasteiger partial charge in [0.15, 0.2) is 11.5 Å². The number of hydrazone groups is 1.